The van der Waals surface area contributed by atoms with E-state index in [9.17, 15) is 9.59 Å². The highest BCUT2D eigenvalue weighted by Gasteiger charge is 2.55. The Morgan fingerprint density at radius 3 is 1.23 bits per heavy atom. The van der Waals surface area contributed by atoms with Crippen LogP contribution in [0, 0.1) is 57.2 Å². The summed E-state index contributed by atoms with van der Waals surface area (Å²) in [4.78, 5) is 24.2. The van der Waals surface area contributed by atoms with Gasteiger partial charge in [-0.2, -0.15) is 0 Å². The highest BCUT2D eigenvalue weighted by molar-refractivity contribution is 6.64. The van der Waals surface area contributed by atoms with E-state index in [2.05, 4.69) is 41.5 Å². The van der Waals surface area contributed by atoms with Crippen molar-refractivity contribution < 1.29 is 9.59 Å². The summed E-state index contributed by atoms with van der Waals surface area (Å²) in [5.41, 5.74) is 6.19. The maximum absolute atomic E-state index is 12.8. The van der Waals surface area contributed by atoms with Crippen LogP contribution in [0.4, 0.5) is 0 Å². The van der Waals surface area contributed by atoms with Crippen LogP contribution in [0.1, 0.15) is 152 Å². The van der Waals surface area contributed by atoms with E-state index in [1.807, 2.05) is 0 Å². The molecule has 0 heterocycles. The number of Topliss-reactive ketones (excluding diaryl/α,β-unsaturated/α-hetero) is 1. The van der Waals surface area contributed by atoms with Crippen molar-refractivity contribution in [2.75, 3.05) is 6.54 Å². The predicted molar refractivity (Wildman–Crippen MR) is 170 cm³/mol. The first-order valence-electron chi connectivity index (χ1n) is 16.5. The van der Waals surface area contributed by atoms with Crippen molar-refractivity contribution in [2.45, 2.75) is 152 Å². The van der Waals surface area contributed by atoms with E-state index in [4.69, 9.17) is 17.3 Å². The lowest BCUT2D eigenvalue weighted by Gasteiger charge is -2.56. The van der Waals surface area contributed by atoms with E-state index < -0.39 is 0 Å². The van der Waals surface area contributed by atoms with Crippen LogP contribution in [-0.2, 0) is 9.59 Å². The number of halogens is 1. The number of hydrogen-bond acceptors (Lipinski definition) is 3. The van der Waals surface area contributed by atoms with Gasteiger partial charge in [0, 0.05) is 17.3 Å². The first-order chi connectivity index (χ1) is 18.1. The third-order valence-electron chi connectivity index (χ3n) is 11.3. The van der Waals surface area contributed by atoms with Crippen LogP contribution < -0.4 is 5.73 Å². The van der Waals surface area contributed by atoms with Crippen molar-refractivity contribution in [1.29, 1.82) is 0 Å². The van der Waals surface area contributed by atoms with E-state index in [1.54, 1.807) is 0 Å². The van der Waals surface area contributed by atoms with Crippen molar-refractivity contribution in [3.63, 3.8) is 0 Å². The molecule has 4 heteroatoms. The van der Waals surface area contributed by atoms with Crippen molar-refractivity contribution in [2.24, 2.45) is 62.9 Å². The molecule has 3 nitrogen and oxygen atoms in total. The quantitative estimate of drug-likeness (QED) is 0.319. The zero-order valence-electron chi connectivity index (χ0n) is 26.3. The molecule has 0 aromatic carbocycles. The molecule has 0 atom stereocenters. The van der Waals surface area contributed by atoms with Gasteiger partial charge in [-0.3, -0.25) is 9.59 Å². The highest BCUT2D eigenvalue weighted by atomic mass is 35.5. The topological polar surface area (TPSA) is 60.2 Å². The van der Waals surface area contributed by atoms with Crippen LogP contribution in [0.3, 0.4) is 0 Å². The van der Waals surface area contributed by atoms with Gasteiger partial charge in [-0.15, -0.1) is 0 Å². The number of hydrogen-bond donors (Lipinski definition) is 1. The zero-order valence-corrected chi connectivity index (χ0v) is 27.0. The number of carbonyl (C=O) groups is 2. The molecule has 0 saturated heterocycles. The second-order valence-corrected chi connectivity index (χ2v) is 17.9. The van der Waals surface area contributed by atoms with Crippen LogP contribution in [0.2, 0.25) is 0 Å². The fourth-order valence-corrected chi connectivity index (χ4v) is 10.5. The Balaban J connectivity index is 0.000000182. The molecular formula is C36H64ClNO2. The fourth-order valence-electron chi connectivity index (χ4n) is 10.3. The average molecular weight is 578 g/mol. The highest BCUT2D eigenvalue weighted by Crippen LogP contribution is 2.61. The fraction of sp³-hybridized carbons (Fsp3) is 0.944. The normalized spacial score (nSPS) is 38.5. The summed E-state index contributed by atoms with van der Waals surface area (Å²) in [7, 11) is 0. The van der Waals surface area contributed by atoms with Crippen LogP contribution in [0.15, 0.2) is 0 Å². The van der Waals surface area contributed by atoms with Gasteiger partial charge in [0.25, 0.3) is 0 Å². The molecule has 2 N–H and O–H groups in total. The van der Waals surface area contributed by atoms with Crippen LogP contribution >= 0.6 is 11.6 Å². The lowest BCUT2D eigenvalue weighted by atomic mass is 9.48. The summed E-state index contributed by atoms with van der Waals surface area (Å²) in [6, 6.07) is 0. The van der Waals surface area contributed by atoms with Crippen LogP contribution in [-0.4, -0.2) is 17.6 Å². The Morgan fingerprint density at radius 2 is 0.975 bits per heavy atom. The number of rotatable bonds is 6. The van der Waals surface area contributed by atoms with Crippen LogP contribution in [0.5, 0.6) is 0 Å². The van der Waals surface area contributed by atoms with Gasteiger partial charge in [-0.05, 0) is 161 Å². The predicted octanol–water partition coefficient (Wildman–Crippen LogP) is 9.97. The van der Waals surface area contributed by atoms with E-state index in [0.29, 0.717) is 16.6 Å². The third-order valence-corrected chi connectivity index (χ3v) is 11.7. The molecule has 0 amide bonds. The molecule has 0 aromatic rings. The summed E-state index contributed by atoms with van der Waals surface area (Å²) < 4.78 is 0. The second-order valence-electron chi connectivity index (χ2n) is 17.6. The maximum Gasteiger partial charge on any atom is 0.227 e. The molecule has 0 unspecified atom stereocenters. The van der Waals surface area contributed by atoms with Crippen LogP contribution in [0.25, 0.3) is 0 Å². The molecular weight excluding hydrogens is 514 g/mol. The first kappa shape index (κ1) is 34.1. The van der Waals surface area contributed by atoms with Crippen molar-refractivity contribution >= 4 is 22.6 Å². The molecule has 0 aliphatic heterocycles. The van der Waals surface area contributed by atoms with Gasteiger partial charge in [-0.1, -0.05) is 49.0 Å². The summed E-state index contributed by atoms with van der Waals surface area (Å²) in [5, 5.41) is -0.0356. The Hall–Kier alpha value is -0.410. The zero-order chi connectivity index (χ0) is 28.6. The minimum atomic E-state index is -0.0731. The van der Waals surface area contributed by atoms with Gasteiger partial charge in [0.2, 0.25) is 5.24 Å². The maximum atomic E-state index is 12.8. The lowest BCUT2D eigenvalue weighted by Crippen LogP contribution is -2.50. The Labute approximate surface area is 252 Å². The molecule has 8 bridgehead atoms. The number of carbonyl (C=O) groups excluding carboxylic acids is 2. The summed E-state index contributed by atoms with van der Waals surface area (Å²) >= 11 is 5.76. The minimum absolute atomic E-state index is 0. The van der Waals surface area contributed by atoms with Crippen molar-refractivity contribution in [1.82, 2.24) is 0 Å². The van der Waals surface area contributed by atoms with E-state index >= 15 is 0 Å². The van der Waals surface area contributed by atoms with Crippen molar-refractivity contribution in [3.8, 4) is 0 Å². The molecule has 0 radical (unpaired) electrons. The van der Waals surface area contributed by atoms with Gasteiger partial charge in [0.15, 0.2) is 0 Å². The SMILES string of the molecule is C.CC(C)(C)CCCC(=O)C12CC3CC(CC(C3)C1)C2.CC(C)(C)CCN.O=C(Cl)C12CC3CC(CC(C3)C1)C2. The monoisotopic (exact) mass is 577 g/mol. The van der Waals surface area contributed by atoms with E-state index in [1.165, 1.54) is 64.2 Å². The van der Waals surface area contributed by atoms with Gasteiger partial charge in [0.05, 0.1) is 0 Å². The van der Waals surface area contributed by atoms with Gasteiger partial charge in [0.1, 0.15) is 5.78 Å². The largest absolute Gasteiger partial charge is 0.330 e. The second kappa shape index (κ2) is 13.1. The molecule has 8 aliphatic rings. The number of ketones is 1. The smallest absolute Gasteiger partial charge is 0.227 e. The Bertz CT molecular complexity index is 792. The summed E-state index contributed by atoms with van der Waals surface area (Å²) in [6.07, 6.45) is 19.7. The number of nitrogens with two attached hydrogens (primary N) is 1. The molecule has 232 valence electrons. The standard InChI is InChI=1S/C18H30O.C11H15ClO.C6H15N.CH4/c1-17(2,3)6-4-5-16(19)18-10-13-7-14(11-18)9-15(8-13)12-18;12-10(13)11-4-7-1-8(5-11)3-9(2-7)6-11;1-6(2,3)4-5-7;/h13-15H,4-12H2,1-3H3;7-9H,1-6H2;4-5,7H2,1-3H3;1H4. The first-order valence-corrected chi connectivity index (χ1v) is 16.9. The van der Waals surface area contributed by atoms with E-state index in [-0.39, 0.29) is 23.5 Å². The third kappa shape index (κ3) is 8.58. The van der Waals surface area contributed by atoms with Gasteiger partial charge < -0.3 is 5.73 Å². The van der Waals surface area contributed by atoms with Gasteiger partial charge in [-0.25, -0.2) is 0 Å². The Kier molecular flexibility index (Phi) is 11.1. The minimum Gasteiger partial charge on any atom is -0.330 e. The molecule has 8 rings (SSSR count). The van der Waals surface area contributed by atoms with Crippen molar-refractivity contribution in [3.05, 3.63) is 0 Å². The molecule has 8 aliphatic carbocycles. The molecule has 0 aromatic heterocycles. The average Bonchev–Trinajstić information content (AvgIpc) is 2.76. The molecule has 8 fully saturated rings. The summed E-state index contributed by atoms with van der Waals surface area (Å²) in [5.74, 6) is 5.82. The Morgan fingerprint density at radius 1 is 0.650 bits per heavy atom. The molecule has 0 spiro atoms. The lowest BCUT2D eigenvalue weighted by molar-refractivity contribution is -0.144. The summed E-state index contributed by atoms with van der Waals surface area (Å²) in [6.45, 7) is 14.2. The van der Waals surface area contributed by atoms with E-state index in [0.717, 1.165) is 80.6 Å². The molecule has 40 heavy (non-hydrogen) atoms. The molecule has 8 saturated carbocycles. The van der Waals surface area contributed by atoms with Gasteiger partial charge >= 0.3 is 0 Å².